The van der Waals surface area contributed by atoms with Crippen molar-refractivity contribution in [3.63, 3.8) is 0 Å². The van der Waals surface area contributed by atoms with Gasteiger partial charge in [0.2, 0.25) is 5.91 Å². The van der Waals surface area contributed by atoms with E-state index in [2.05, 4.69) is 17.3 Å². The number of amides is 1. The zero-order valence-electron chi connectivity index (χ0n) is 13.1. The lowest BCUT2D eigenvalue weighted by atomic mass is 10.2. The van der Waals surface area contributed by atoms with Crippen LogP contribution in [0, 0.1) is 0 Å². The van der Waals surface area contributed by atoms with Crippen LogP contribution in [0.5, 0.6) is 0 Å². The molecular weight excluding hydrogens is 318 g/mol. The Kier molecular flexibility index (Phi) is 5.79. The van der Waals surface area contributed by atoms with E-state index in [1.165, 1.54) is 9.08 Å². The minimum absolute atomic E-state index is 0. The molecule has 1 atom stereocenters. The normalized spacial score (nSPS) is 17.2. The van der Waals surface area contributed by atoms with E-state index in [-0.39, 0.29) is 36.6 Å². The summed E-state index contributed by atoms with van der Waals surface area (Å²) in [5.41, 5.74) is 0.287. The van der Waals surface area contributed by atoms with Crippen molar-refractivity contribution in [2.45, 2.75) is 32.4 Å². The maximum Gasteiger partial charge on any atom is 0.350 e. The van der Waals surface area contributed by atoms with Crippen molar-refractivity contribution in [3.8, 4) is 0 Å². The van der Waals surface area contributed by atoms with E-state index in [9.17, 15) is 9.59 Å². The zero-order valence-corrected chi connectivity index (χ0v) is 14.0. The second-order valence-electron chi connectivity index (χ2n) is 5.60. The van der Waals surface area contributed by atoms with Crippen molar-refractivity contribution in [1.82, 2.24) is 24.4 Å². The highest BCUT2D eigenvalue weighted by atomic mass is 35.5. The molecule has 1 N–H and O–H groups in total. The predicted molar refractivity (Wildman–Crippen MR) is 90.0 cm³/mol. The summed E-state index contributed by atoms with van der Waals surface area (Å²) in [7, 11) is 0. The first-order valence-electron chi connectivity index (χ1n) is 7.75. The number of hydrogen-bond acceptors (Lipinski definition) is 4. The van der Waals surface area contributed by atoms with Crippen LogP contribution in [0.3, 0.4) is 0 Å². The Morgan fingerprint density at radius 1 is 1.48 bits per heavy atom. The molecule has 8 heteroatoms. The van der Waals surface area contributed by atoms with E-state index in [1.807, 2.05) is 11.0 Å². The third kappa shape index (κ3) is 3.56. The van der Waals surface area contributed by atoms with E-state index in [0.717, 1.165) is 25.9 Å². The SMILES string of the molecule is CCCN(C(=O)Cn1nc2ccccn2c1=O)C1CCNC1.Cl. The first-order chi connectivity index (χ1) is 10.7. The third-order valence-corrected chi connectivity index (χ3v) is 4.03. The lowest BCUT2D eigenvalue weighted by molar-refractivity contribution is -0.134. The van der Waals surface area contributed by atoms with Crippen LogP contribution in [-0.4, -0.2) is 50.7 Å². The van der Waals surface area contributed by atoms with Crippen LogP contribution >= 0.6 is 12.4 Å². The highest BCUT2D eigenvalue weighted by Crippen LogP contribution is 2.10. The first kappa shape index (κ1) is 17.5. The van der Waals surface area contributed by atoms with Crippen LogP contribution in [0.15, 0.2) is 29.2 Å². The Labute approximate surface area is 140 Å². The number of carbonyl (C=O) groups is 1. The van der Waals surface area contributed by atoms with Crippen LogP contribution in [0.25, 0.3) is 5.65 Å². The Balaban J connectivity index is 0.00000192. The predicted octanol–water partition coefficient (Wildman–Crippen LogP) is 0.518. The fraction of sp³-hybridized carbons (Fsp3) is 0.533. The largest absolute Gasteiger partial charge is 0.350 e. The number of carbonyl (C=O) groups excluding carboxylic acids is 1. The molecule has 1 aliphatic rings. The lowest BCUT2D eigenvalue weighted by Crippen LogP contribution is -2.44. The van der Waals surface area contributed by atoms with Crippen molar-refractivity contribution >= 4 is 24.0 Å². The molecule has 0 spiro atoms. The standard InChI is InChI=1S/C15H21N5O2.ClH/c1-2-8-18(12-6-7-16-10-12)14(21)11-20-15(22)19-9-4-3-5-13(19)17-20;/h3-5,9,12,16H,2,6-8,10-11H2,1H3;1H. The van der Waals surface area contributed by atoms with Crippen molar-refractivity contribution < 1.29 is 4.79 Å². The van der Waals surface area contributed by atoms with Crippen molar-refractivity contribution in [3.05, 3.63) is 34.9 Å². The molecule has 0 aromatic carbocycles. The summed E-state index contributed by atoms with van der Waals surface area (Å²) < 4.78 is 2.71. The number of pyridine rings is 1. The Hall–Kier alpha value is -1.86. The van der Waals surface area contributed by atoms with E-state index in [4.69, 9.17) is 0 Å². The second kappa shape index (κ2) is 7.61. The molecule has 0 radical (unpaired) electrons. The van der Waals surface area contributed by atoms with Crippen LogP contribution in [0.4, 0.5) is 0 Å². The topological polar surface area (TPSA) is 71.6 Å². The van der Waals surface area contributed by atoms with Gasteiger partial charge in [-0.1, -0.05) is 13.0 Å². The van der Waals surface area contributed by atoms with E-state index < -0.39 is 0 Å². The highest BCUT2D eigenvalue weighted by molar-refractivity contribution is 5.85. The fourth-order valence-electron chi connectivity index (χ4n) is 2.95. The average Bonchev–Trinajstić information content (AvgIpc) is 3.14. The number of halogens is 1. The highest BCUT2D eigenvalue weighted by Gasteiger charge is 2.26. The molecule has 0 saturated carbocycles. The van der Waals surface area contributed by atoms with Gasteiger partial charge >= 0.3 is 5.69 Å². The molecule has 1 aliphatic heterocycles. The molecule has 1 unspecified atom stereocenters. The smallest absolute Gasteiger partial charge is 0.337 e. The molecule has 2 aromatic rings. The van der Waals surface area contributed by atoms with Gasteiger partial charge in [0.1, 0.15) is 6.54 Å². The molecule has 7 nitrogen and oxygen atoms in total. The summed E-state index contributed by atoms with van der Waals surface area (Å²) in [5, 5.41) is 7.51. The summed E-state index contributed by atoms with van der Waals surface area (Å²) in [6, 6.07) is 5.57. The van der Waals surface area contributed by atoms with Crippen LogP contribution < -0.4 is 11.0 Å². The monoisotopic (exact) mass is 339 g/mol. The Morgan fingerprint density at radius 2 is 2.30 bits per heavy atom. The quantitative estimate of drug-likeness (QED) is 0.862. The number of hydrogen-bond donors (Lipinski definition) is 1. The molecule has 1 saturated heterocycles. The number of fused-ring (bicyclic) bond motifs is 1. The van der Waals surface area contributed by atoms with Gasteiger partial charge in [-0.05, 0) is 31.5 Å². The van der Waals surface area contributed by atoms with Crippen molar-refractivity contribution in [1.29, 1.82) is 0 Å². The van der Waals surface area contributed by atoms with E-state index >= 15 is 0 Å². The summed E-state index contributed by atoms with van der Waals surface area (Å²) in [6.07, 6.45) is 3.53. The Bertz CT molecular complexity index is 720. The maximum atomic E-state index is 12.6. The van der Waals surface area contributed by atoms with Gasteiger partial charge < -0.3 is 10.2 Å². The summed E-state index contributed by atoms with van der Waals surface area (Å²) in [6.45, 7) is 4.53. The van der Waals surface area contributed by atoms with E-state index in [1.54, 1.807) is 18.3 Å². The fourth-order valence-corrected chi connectivity index (χ4v) is 2.95. The minimum atomic E-state index is -0.273. The van der Waals surface area contributed by atoms with Crippen LogP contribution in [0.1, 0.15) is 19.8 Å². The molecule has 23 heavy (non-hydrogen) atoms. The van der Waals surface area contributed by atoms with Gasteiger partial charge in [-0.25, -0.2) is 9.48 Å². The third-order valence-electron chi connectivity index (χ3n) is 4.03. The zero-order chi connectivity index (χ0) is 15.5. The minimum Gasteiger partial charge on any atom is -0.337 e. The molecule has 3 rings (SSSR count). The Morgan fingerprint density at radius 3 is 2.96 bits per heavy atom. The van der Waals surface area contributed by atoms with Gasteiger partial charge in [0, 0.05) is 25.3 Å². The summed E-state index contributed by atoms with van der Waals surface area (Å²) >= 11 is 0. The van der Waals surface area contributed by atoms with Crippen molar-refractivity contribution in [2.24, 2.45) is 0 Å². The molecule has 1 amide bonds. The molecule has 3 heterocycles. The van der Waals surface area contributed by atoms with Gasteiger partial charge in [0.15, 0.2) is 5.65 Å². The number of rotatable bonds is 5. The molecule has 126 valence electrons. The average molecular weight is 340 g/mol. The van der Waals surface area contributed by atoms with Crippen LogP contribution in [0.2, 0.25) is 0 Å². The number of nitrogens with zero attached hydrogens (tertiary/aromatic N) is 4. The lowest BCUT2D eigenvalue weighted by Gasteiger charge is -2.28. The molecule has 2 aromatic heterocycles. The van der Waals surface area contributed by atoms with Gasteiger partial charge in [-0.15, -0.1) is 17.5 Å². The molecular formula is C15H22ClN5O2. The summed E-state index contributed by atoms with van der Waals surface area (Å²) in [4.78, 5) is 26.7. The summed E-state index contributed by atoms with van der Waals surface area (Å²) in [5.74, 6) is -0.0407. The van der Waals surface area contributed by atoms with Crippen molar-refractivity contribution in [2.75, 3.05) is 19.6 Å². The van der Waals surface area contributed by atoms with Gasteiger partial charge in [0.05, 0.1) is 0 Å². The van der Waals surface area contributed by atoms with Gasteiger partial charge in [-0.2, -0.15) is 0 Å². The maximum absolute atomic E-state index is 12.6. The first-order valence-corrected chi connectivity index (χ1v) is 7.75. The van der Waals surface area contributed by atoms with Gasteiger partial charge in [0.25, 0.3) is 0 Å². The number of aromatic nitrogens is 3. The van der Waals surface area contributed by atoms with Gasteiger partial charge in [-0.3, -0.25) is 9.20 Å². The number of nitrogens with one attached hydrogen (secondary N) is 1. The van der Waals surface area contributed by atoms with Crippen LogP contribution in [-0.2, 0) is 11.3 Å². The molecule has 0 bridgehead atoms. The van der Waals surface area contributed by atoms with E-state index in [0.29, 0.717) is 12.2 Å². The molecule has 1 fully saturated rings. The second-order valence-corrected chi connectivity index (χ2v) is 5.60. The molecule has 0 aliphatic carbocycles.